The van der Waals surface area contributed by atoms with Gasteiger partial charge >= 0.3 is 0 Å². The average molecular weight is 276 g/mol. The Kier molecular flexibility index (Phi) is 5.25. The third kappa shape index (κ3) is 3.35. The van der Waals surface area contributed by atoms with Crippen LogP contribution in [0.3, 0.4) is 0 Å². The SMILES string of the molecule is COc1ccc(C(C)(C)C(N=N)=NN)cc1CC(C)C. The molecule has 0 aromatic heterocycles. The maximum absolute atomic E-state index is 7.20. The molecule has 0 aliphatic carbocycles. The van der Waals surface area contributed by atoms with Gasteiger partial charge in [-0.25, -0.2) is 5.53 Å². The van der Waals surface area contributed by atoms with E-state index in [9.17, 15) is 0 Å². The molecule has 1 rings (SSSR count). The maximum Gasteiger partial charge on any atom is 0.179 e. The van der Waals surface area contributed by atoms with Crippen molar-refractivity contribution in [2.75, 3.05) is 7.11 Å². The normalized spacial score (nSPS) is 12.6. The molecule has 0 fully saturated rings. The van der Waals surface area contributed by atoms with E-state index >= 15 is 0 Å². The number of hydrazone groups is 1. The lowest BCUT2D eigenvalue weighted by Gasteiger charge is -2.24. The fraction of sp³-hybridized carbons (Fsp3) is 0.533. The Morgan fingerprint density at radius 1 is 1.40 bits per heavy atom. The number of nitrogens with zero attached hydrogens (tertiary/aromatic N) is 2. The van der Waals surface area contributed by atoms with Crippen LogP contribution >= 0.6 is 0 Å². The molecule has 1 aromatic carbocycles. The molecule has 20 heavy (non-hydrogen) atoms. The van der Waals surface area contributed by atoms with Crippen molar-refractivity contribution < 1.29 is 4.74 Å². The molecule has 0 amide bonds. The minimum Gasteiger partial charge on any atom is -0.496 e. The molecular formula is C15H24N4O. The first-order valence-corrected chi connectivity index (χ1v) is 6.70. The van der Waals surface area contributed by atoms with Crippen LogP contribution in [-0.4, -0.2) is 12.9 Å². The Bertz CT molecular complexity index is 507. The molecule has 0 unspecified atom stereocenters. The van der Waals surface area contributed by atoms with E-state index in [1.165, 1.54) is 0 Å². The lowest BCUT2D eigenvalue weighted by atomic mass is 9.82. The van der Waals surface area contributed by atoms with E-state index in [4.69, 9.17) is 16.1 Å². The summed E-state index contributed by atoms with van der Waals surface area (Å²) < 4.78 is 5.41. The van der Waals surface area contributed by atoms with Gasteiger partial charge in [0.2, 0.25) is 0 Å². The fourth-order valence-corrected chi connectivity index (χ4v) is 2.23. The van der Waals surface area contributed by atoms with Gasteiger partial charge in [-0.15, -0.1) is 5.11 Å². The summed E-state index contributed by atoms with van der Waals surface area (Å²) in [5, 5.41) is 7.05. The van der Waals surface area contributed by atoms with Gasteiger partial charge in [-0.2, -0.15) is 5.10 Å². The molecule has 0 spiro atoms. The molecule has 0 radical (unpaired) electrons. The van der Waals surface area contributed by atoms with Crippen molar-refractivity contribution in [2.45, 2.75) is 39.5 Å². The third-order valence-corrected chi connectivity index (χ3v) is 3.42. The second-order valence-electron chi connectivity index (χ2n) is 5.81. The Morgan fingerprint density at radius 3 is 2.50 bits per heavy atom. The number of ether oxygens (including phenoxy) is 1. The lowest BCUT2D eigenvalue weighted by molar-refractivity contribution is 0.406. The first-order chi connectivity index (χ1) is 9.36. The highest BCUT2D eigenvalue weighted by Crippen LogP contribution is 2.31. The summed E-state index contributed by atoms with van der Waals surface area (Å²) in [5.41, 5.74) is 8.86. The Balaban J connectivity index is 3.29. The van der Waals surface area contributed by atoms with Crippen LogP contribution < -0.4 is 10.6 Å². The highest BCUT2D eigenvalue weighted by atomic mass is 16.5. The van der Waals surface area contributed by atoms with Gasteiger partial charge in [0.25, 0.3) is 0 Å². The van der Waals surface area contributed by atoms with Crippen molar-refractivity contribution in [1.82, 2.24) is 0 Å². The van der Waals surface area contributed by atoms with Crippen molar-refractivity contribution in [2.24, 2.45) is 22.0 Å². The average Bonchev–Trinajstić information content (AvgIpc) is 2.39. The van der Waals surface area contributed by atoms with Gasteiger partial charge in [-0.1, -0.05) is 26.0 Å². The molecule has 5 nitrogen and oxygen atoms in total. The summed E-state index contributed by atoms with van der Waals surface area (Å²) in [6, 6.07) is 6.01. The second-order valence-corrected chi connectivity index (χ2v) is 5.81. The van der Waals surface area contributed by atoms with Gasteiger partial charge in [0.1, 0.15) is 5.75 Å². The number of rotatable bonds is 5. The van der Waals surface area contributed by atoms with E-state index in [1.807, 2.05) is 26.0 Å². The third-order valence-electron chi connectivity index (χ3n) is 3.42. The number of benzene rings is 1. The second kappa shape index (κ2) is 6.50. The molecule has 0 saturated heterocycles. The molecule has 3 N–H and O–H groups in total. The first-order valence-electron chi connectivity index (χ1n) is 6.70. The maximum atomic E-state index is 7.20. The molecule has 0 heterocycles. The summed E-state index contributed by atoms with van der Waals surface area (Å²) in [7, 11) is 1.68. The predicted molar refractivity (Wildman–Crippen MR) is 81.3 cm³/mol. The van der Waals surface area contributed by atoms with Crippen LogP contribution in [0.4, 0.5) is 0 Å². The minimum absolute atomic E-state index is 0.304. The molecule has 1 aromatic rings. The Morgan fingerprint density at radius 2 is 2.05 bits per heavy atom. The van der Waals surface area contributed by atoms with E-state index < -0.39 is 5.41 Å². The summed E-state index contributed by atoms with van der Waals surface area (Å²) in [5.74, 6) is 7.05. The minimum atomic E-state index is -0.505. The predicted octanol–water partition coefficient (Wildman–Crippen LogP) is 3.47. The number of nitrogens with two attached hydrogens (primary N) is 1. The highest BCUT2D eigenvalue weighted by molar-refractivity contribution is 5.92. The van der Waals surface area contributed by atoms with Gasteiger partial charge in [-0.05, 0) is 43.4 Å². The lowest BCUT2D eigenvalue weighted by Crippen LogP contribution is -2.28. The van der Waals surface area contributed by atoms with Gasteiger partial charge in [0.05, 0.1) is 12.5 Å². The van der Waals surface area contributed by atoms with E-state index in [0.717, 1.165) is 23.3 Å². The molecule has 0 aliphatic rings. The van der Waals surface area contributed by atoms with Crippen molar-refractivity contribution in [1.29, 1.82) is 5.53 Å². The van der Waals surface area contributed by atoms with Gasteiger partial charge in [0, 0.05) is 0 Å². The number of hydrogen-bond acceptors (Lipinski definition) is 4. The van der Waals surface area contributed by atoms with Crippen LogP contribution in [0, 0.1) is 11.4 Å². The molecule has 0 aliphatic heterocycles. The standard InChI is InChI=1S/C15H24N4O/c1-10(2)8-11-9-12(6-7-13(11)20-5)15(3,4)14(18-16)19-17/h6-7,9-10,16H,8,17H2,1-5H3. The number of amidine groups is 1. The van der Waals surface area contributed by atoms with Crippen LogP contribution in [0.5, 0.6) is 5.75 Å². The summed E-state index contributed by atoms with van der Waals surface area (Å²) >= 11 is 0. The highest BCUT2D eigenvalue weighted by Gasteiger charge is 2.28. The van der Waals surface area contributed by atoms with Gasteiger partial charge in [-0.3, -0.25) is 0 Å². The number of nitrogens with one attached hydrogen (secondary N) is 1. The smallest absolute Gasteiger partial charge is 0.179 e. The summed E-state index contributed by atoms with van der Waals surface area (Å²) in [6.07, 6.45) is 0.931. The van der Waals surface area contributed by atoms with Gasteiger partial charge in [0.15, 0.2) is 5.84 Å². The Hall–Kier alpha value is -1.91. The molecule has 0 saturated carbocycles. The number of methoxy groups -OCH3 is 1. The molecule has 5 heteroatoms. The summed E-state index contributed by atoms with van der Waals surface area (Å²) in [6.45, 7) is 8.25. The van der Waals surface area contributed by atoms with Crippen molar-refractivity contribution in [3.8, 4) is 5.75 Å². The zero-order valence-corrected chi connectivity index (χ0v) is 12.9. The molecule has 0 bridgehead atoms. The monoisotopic (exact) mass is 276 g/mol. The van der Waals surface area contributed by atoms with Crippen LogP contribution in [0.2, 0.25) is 0 Å². The largest absolute Gasteiger partial charge is 0.496 e. The van der Waals surface area contributed by atoms with Crippen LogP contribution in [-0.2, 0) is 11.8 Å². The van der Waals surface area contributed by atoms with Crippen LogP contribution in [0.1, 0.15) is 38.8 Å². The van der Waals surface area contributed by atoms with Crippen LogP contribution in [0.25, 0.3) is 0 Å². The molecular weight excluding hydrogens is 252 g/mol. The van der Waals surface area contributed by atoms with Crippen LogP contribution in [0.15, 0.2) is 28.4 Å². The molecule has 110 valence electrons. The fourth-order valence-electron chi connectivity index (χ4n) is 2.23. The Labute approximate surface area is 120 Å². The van der Waals surface area contributed by atoms with E-state index in [2.05, 4.69) is 30.1 Å². The number of hydrogen-bond donors (Lipinski definition) is 2. The topological polar surface area (TPSA) is 83.8 Å². The van der Waals surface area contributed by atoms with E-state index in [-0.39, 0.29) is 0 Å². The van der Waals surface area contributed by atoms with Crippen molar-refractivity contribution in [3.05, 3.63) is 29.3 Å². The zero-order valence-electron chi connectivity index (χ0n) is 12.9. The quantitative estimate of drug-likeness (QED) is 0.284. The van der Waals surface area contributed by atoms with Gasteiger partial charge < -0.3 is 10.6 Å². The molecule has 0 atom stereocenters. The van der Waals surface area contributed by atoms with Crippen molar-refractivity contribution >= 4 is 5.84 Å². The summed E-state index contributed by atoms with van der Waals surface area (Å²) in [4.78, 5) is 0. The first kappa shape index (κ1) is 16.1. The van der Waals surface area contributed by atoms with Crippen molar-refractivity contribution in [3.63, 3.8) is 0 Å². The zero-order chi connectivity index (χ0) is 15.3. The van der Waals surface area contributed by atoms with E-state index in [1.54, 1.807) is 7.11 Å². The van der Waals surface area contributed by atoms with E-state index in [0.29, 0.717) is 11.8 Å².